The second-order valence-electron chi connectivity index (χ2n) is 5.85. The summed E-state index contributed by atoms with van der Waals surface area (Å²) in [7, 11) is 0. The molecular formula is C16H20N4O4. The van der Waals surface area contributed by atoms with Gasteiger partial charge in [0.1, 0.15) is 11.6 Å². The number of hydrazone groups is 1. The number of hydrogen-bond donors (Lipinski definition) is 3. The molecule has 0 heterocycles. The molecule has 8 heteroatoms. The molecule has 0 saturated carbocycles. The molecule has 0 bridgehead atoms. The fraction of sp³-hybridized carbons (Fsp3) is 0.375. The largest absolute Gasteiger partial charge is 0.444 e. The number of benzene rings is 1. The van der Waals surface area contributed by atoms with E-state index in [1.165, 1.54) is 6.21 Å². The Balaban J connectivity index is 2.59. The van der Waals surface area contributed by atoms with Gasteiger partial charge in [0.05, 0.1) is 24.5 Å². The van der Waals surface area contributed by atoms with Crippen LogP contribution in [0.3, 0.4) is 0 Å². The van der Waals surface area contributed by atoms with Gasteiger partial charge >= 0.3 is 6.09 Å². The molecule has 0 aliphatic rings. The van der Waals surface area contributed by atoms with Gasteiger partial charge in [0, 0.05) is 0 Å². The SMILES string of the molecule is CC(C)(C)OC(=O)N[C@@H](CO)C(=O)N/N=C/c1cccc(C#N)c1. The average molecular weight is 332 g/mol. The van der Waals surface area contributed by atoms with Gasteiger partial charge in [-0.3, -0.25) is 4.79 Å². The Labute approximate surface area is 140 Å². The summed E-state index contributed by atoms with van der Waals surface area (Å²) in [4.78, 5) is 23.5. The second kappa shape index (κ2) is 8.64. The Bertz CT molecular complexity index is 659. The van der Waals surface area contributed by atoms with E-state index >= 15 is 0 Å². The van der Waals surface area contributed by atoms with Crippen LogP contribution in [0.1, 0.15) is 31.9 Å². The number of nitrogens with zero attached hydrogens (tertiary/aromatic N) is 2. The van der Waals surface area contributed by atoms with E-state index in [4.69, 9.17) is 10.00 Å². The number of rotatable bonds is 5. The third-order valence-corrected chi connectivity index (χ3v) is 2.59. The maximum Gasteiger partial charge on any atom is 0.408 e. The second-order valence-corrected chi connectivity index (χ2v) is 5.85. The van der Waals surface area contributed by atoms with Crippen LogP contribution in [0.25, 0.3) is 0 Å². The fourth-order valence-electron chi connectivity index (χ4n) is 1.58. The van der Waals surface area contributed by atoms with Crippen LogP contribution in [0.2, 0.25) is 0 Å². The molecule has 0 saturated heterocycles. The van der Waals surface area contributed by atoms with Gasteiger partial charge < -0.3 is 15.2 Å². The molecular weight excluding hydrogens is 312 g/mol. The predicted octanol–water partition coefficient (Wildman–Crippen LogP) is 0.894. The van der Waals surface area contributed by atoms with Crippen molar-refractivity contribution in [1.29, 1.82) is 5.26 Å². The monoisotopic (exact) mass is 332 g/mol. The van der Waals surface area contributed by atoms with Gasteiger partial charge in [0.15, 0.2) is 0 Å². The number of ether oxygens (including phenoxy) is 1. The van der Waals surface area contributed by atoms with Crippen molar-refractivity contribution in [3.63, 3.8) is 0 Å². The standard InChI is InChI=1S/C16H20N4O4/c1-16(2,3)24-15(23)19-13(10-21)14(22)20-18-9-12-6-4-5-11(7-12)8-17/h4-7,9,13,21H,10H2,1-3H3,(H,19,23)(H,20,22)/b18-9+/t13-/m0/s1. The Morgan fingerprint density at radius 1 is 1.46 bits per heavy atom. The maximum absolute atomic E-state index is 11.9. The number of aliphatic hydroxyl groups is 1. The topological polar surface area (TPSA) is 124 Å². The molecule has 0 spiro atoms. The van der Waals surface area contributed by atoms with Gasteiger partial charge in [0.25, 0.3) is 5.91 Å². The molecule has 0 fully saturated rings. The van der Waals surface area contributed by atoms with Crippen LogP contribution in [-0.2, 0) is 9.53 Å². The van der Waals surface area contributed by atoms with Crippen molar-refractivity contribution in [2.24, 2.45) is 5.10 Å². The molecule has 0 unspecified atom stereocenters. The molecule has 8 nitrogen and oxygen atoms in total. The lowest BCUT2D eigenvalue weighted by molar-refractivity contribution is -0.124. The molecule has 24 heavy (non-hydrogen) atoms. The summed E-state index contributed by atoms with van der Waals surface area (Å²) < 4.78 is 5.01. The Morgan fingerprint density at radius 3 is 2.75 bits per heavy atom. The number of aliphatic hydroxyl groups excluding tert-OH is 1. The van der Waals surface area contributed by atoms with E-state index in [0.717, 1.165) is 0 Å². The lowest BCUT2D eigenvalue weighted by Crippen LogP contribution is -2.49. The molecule has 0 radical (unpaired) electrons. The number of nitrogens with one attached hydrogen (secondary N) is 2. The van der Waals surface area contributed by atoms with Crippen molar-refractivity contribution >= 4 is 18.2 Å². The zero-order valence-electron chi connectivity index (χ0n) is 13.7. The van der Waals surface area contributed by atoms with E-state index in [0.29, 0.717) is 11.1 Å². The third kappa shape index (κ3) is 6.89. The number of nitriles is 1. The van der Waals surface area contributed by atoms with Crippen molar-refractivity contribution in [2.75, 3.05) is 6.61 Å². The molecule has 0 aliphatic carbocycles. The van der Waals surface area contributed by atoms with Gasteiger partial charge in [-0.2, -0.15) is 10.4 Å². The average Bonchev–Trinajstić information content (AvgIpc) is 2.51. The van der Waals surface area contributed by atoms with E-state index in [9.17, 15) is 14.7 Å². The highest BCUT2D eigenvalue weighted by molar-refractivity contribution is 5.87. The molecule has 1 aromatic carbocycles. The van der Waals surface area contributed by atoms with E-state index < -0.39 is 30.3 Å². The molecule has 1 rings (SSSR count). The summed E-state index contributed by atoms with van der Waals surface area (Å²) in [6.45, 7) is 4.44. The van der Waals surface area contributed by atoms with Crippen molar-refractivity contribution < 1.29 is 19.4 Å². The molecule has 1 atom stereocenters. The van der Waals surface area contributed by atoms with Crippen LogP contribution in [-0.4, -0.2) is 41.6 Å². The summed E-state index contributed by atoms with van der Waals surface area (Å²) in [5.74, 6) is -0.698. The highest BCUT2D eigenvalue weighted by Gasteiger charge is 2.23. The summed E-state index contributed by atoms with van der Waals surface area (Å²) >= 11 is 0. The minimum Gasteiger partial charge on any atom is -0.444 e. The first-order chi connectivity index (χ1) is 11.2. The van der Waals surface area contributed by atoms with Crippen molar-refractivity contribution in [3.05, 3.63) is 35.4 Å². The first-order valence-corrected chi connectivity index (χ1v) is 7.18. The number of alkyl carbamates (subject to hydrolysis) is 1. The zero-order chi connectivity index (χ0) is 18.2. The van der Waals surface area contributed by atoms with Gasteiger partial charge in [-0.15, -0.1) is 0 Å². The molecule has 0 aliphatic heterocycles. The quantitative estimate of drug-likeness (QED) is 0.546. The van der Waals surface area contributed by atoms with Crippen LogP contribution < -0.4 is 10.7 Å². The van der Waals surface area contributed by atoms with Crippen molar-refractivity contribution in [3.8, 4) is 6.07 Å². The molecule has 2 amide bonds. The third-order valence-electron chi connectivity index (χ3n) is 2.59. The highest BCUT2D eigenvalue weighted by atomic mass is 16.6. The van der Waals surface area contributed by atoms with Crippen molar-refractivity contribution in [2.45, 2.75) is 32.4 Å². The van der Waals surface area contributed by atoms with Crippen LogP contribution in [0.15, 0.2) is 29.4 Å². The number of hydrogen-bond acceptors (Lipinski definition) is 6. The maximum atomic E-state index is 11.9. The summed E-state index contributed by atoms with van der Waals surface area (Å²) in [5.41, 5.74) is 2.57. The Kier molecular flexibility index (Phi) is 6.89. The first kappa shape index (κ1) is 19.1. The van der Waals surface area contributed by atoms with Crippen molar-refractivity contribution in [1.82, 2.24) is 10.7 Å². The number of carbonyl (C=O) groups excluding carboxylic acids is 2. The van der Waals surface area contributed by atoms with Crippen LogP contribution in [0.5, 0.6) is 0 Å². The zero-order valence-corrected chi connectivity index (χ0v) is 13.7. The molecule has 0 aromatic heterocycles. The lowest BCUT2D eigenvalue weighted by Gasteiger charge is -2.21. The first-order valence-electron chi connectivity index (χ1n) is 7.18. The van der Waals surface area contributed by atoms with Gasteiger partial charge in [0.2, 0.25) is 0 Å². The Hall–Kier alpha value is -2.92. The van der Waals surface area contributed by atoms with Gasteiger partial charge in [-0.25, -0.2) is 10.2 Å². The molecule has 128 valence electrons. The van der Waals surface area contributed by atoms with Gasteiger partial charge in [-0.05, 0) is 38.5 Å². The molecule has 1 aromatic rings. The number of carbonyl (C=O) groups is 2. The normalized spacial score (nSPS) is 12.3. The predicted molar refractivity (Wildman–Crippen MR) is 87.1 cm³/mol. The number of amides is 2. The van der Waals surface area contributed by atoms with E-state index in [-0.39, 0.29) is 0 Å². The van der Waals surface area contributed by atoms with E-state index in [1.54, 1.807) is 45.0 Å². The van der Waals surface area contributed by atoms with Gasteiger partial charge in [-0.1, -0.05) is 12.1 Å². The van der Waals surface area contributed by atoms with Crippen LogP contribution in [0, 0.1) is 11.3 Å². The summed E-state index contributed by atoms with van der Waals surface area (Å²) in [5, 5.41) is 24.0. The van der Waals surface area contributed by atoms with E-state index in [2.05, 4.69) is 15.8 Å². The summed E-state index contributed by atoms with van der Waals surface area (Å²) in [6.07, 6.45) is 0.531. The smallest absolute Gasteiger partial charge is 0.408 e. The summed E-state index contributed by atoms with van der Waals surface area (Å²) in [6, 6.07) is 7.43. The minimum absolute atomic E-state index is 0.463. The van der Waals surface area contributed by atoms with Crippen LogP contribution in [0.4, 0.5) is 4.79 Å². The Morgan fingerprint density at radius 2 is 2.17 bits per heavy atom. The lowest BCUT2D eigenvalue weighted by atomic mass is 10.1. The van der Waals surface area contributed by atoms with E-state index in [1.807, 2.05) is 6.07 Å². The molecule has 3 N–H and O–H groups in total. The fourth-order valence-corrected chi connectivity index (χ4v) is 1.58. The van der Waals surface area contributed by atoms with Crippen LogP contribution >= 0.6 is 0 Å². The highest BCUT2D eigenvalue weighted by Crippen LogP contribution is 2.06. The minimum atomic E-state index is -1.19.